The molecule has 1 aromatic heterocycles. The minimum atomic E-state index is -1.05. The molecule has 3 rings (SSSR count). The van der Waals surface area contributed by atoms with Gasteiger partial charge in [-0.15, -0.1) is 0 Å². The van der Waals surface area contributed by atoms with Gasteiger partial charge in [0.15, 0.2) is 17.0 Å². The number of likely N-dealkylation sites (N-methyl/N-ethyl adjacent to an activating group) is 2. The number of methoxy groups -OCH3 is 1. The van der Waals surface area contributed by atoms with Crippen LogP contribution in [0.4, 0.5) is 8.78 Å². The number of rotatable bonds is 7. The van der Waals surface area contributed by atoms with Gasteiger partial charge in [0.1, 0.15) is 6.10 Å². The van der Waals surface area contributed by atoms with Crippen molar-refractivity contribution in [2.24, 2.45) is 5.92 Å². The van der Waals surface area contributed by atoms with Gasteiger partial charge in [0.05, 0.1) is 25.8 Å². The Hall–Kier alpha value is -2.78. The highest BCUT2D eigenvalue weighted by molar-refractivity contribution is 5.81. The van der Waals surface area contributed by atoms with Gasteiger partial charge in [0.25, 0.3) is 0 Å². The zero-order valence-electron chi connectivity index (χ0n) is 20.7. The van der Waals surface area contributed by atoms with Crippen molar-refractivity contribution in [2.45, 2.75) is 58.4 Å². The molecule has 186 valence electrons. The average Bonchev–Trinajstić information content (AvgIpc) is 3.10. The molecular formula is C25H33F2N3O4. The number of aromatic nitrogens is 1. The Bertz CT molecular complexity index is 1120. The lowest BCUT2D eigenvalue weighted by atomic mass is 9.81. The fourth-order valence-corrected chi connectivity index (χ4v) is 4.60. The average molecular weight is 478 g/mol. The summed E-state index contributed by atoms with van der Waals surface area (Å²) < 4.78 is 39.7. The molecule has 1 fully saturated rings. The van der Waals surface area contributed by atoms with Crippen LogP contribution in [0, 0.1) is 24.5 Å². The van der Waals surface area contributed by atoms with E-state index in [1.807, 2.05) is 13.8 Å². The number of aryl methyl sites for hydroxylation is 1. The molecule has 5 atom stereocenters. The Morgan fingerprint density at radius 2 is 2.00 bits per heavy atom. The second-order valence-electron chi connectivity index (χ2n) is 9.03. The van der Waals surface area contributed by atoms with Gasteiger partial charge in [0.2, 0.25) is 11.7 Å². The number of amides is 1. The van der Waals surface area contributed by atoms with Crippen LogP contribution in [-0.2, 0) is 16.1 Å². The van der Waals surface area contributed by atoms with Crippen molar-refractivity contribution in [1.29, 1.82) is 0 Å². The van der Waals surface area contributed by atoms with Crippen LogP contribution in [0.3, 0.4) is 0 Å². The summed E-state index contributed by atoms with van der Waals surface area (Å²) in [5, 5.41) is 2.90. The quantitative estimate of drug-likeness (QED) is 0.639. The standard InChI is InChI=1S/C25H33F2N3O4/c1-12-15(4)34-24(21(12)16-8-9-18(26)22(27)23(16)33-7)19-10-20(31)17(13(2)29-19)11-30(6)25(32)14(3)28-5/h8-10,12,14-15,21,24,28H,11H2,1-7H3,(H,29,31)/t12-,14+,15-,21+,24+/m1/s1. The number of nitrogens with one attached hydrogen (secondary N) is 2. The molecule has 0 spiro atoms. The molecule has 0 radical (unpaired) electrons. The van der Waals surface area contributed by atoms with Crippen molar-refractivity contribution in [2.75, 3.05) is 21.2 Å². The molecule has 7 nitrogen and oxygen atoms in total. The molecule has 34 heavy (non-hydrogen) atoms. The van der Waals surface area contributed by atoms with Crippen LogP contribution in [-0.4, -0.2) is 49.1 Å². The van der Waals surface area contributed by atoms with Crippen molar-refractivity contribution < 1.29 is 23.0 Å². The normalized spacial score (nSPS) is 23.1. The predicted octanol–water partition coefficient (Wildman–Crippen LogP) is 3.42. The van der Waals surface area contributed by atoms with Gasteiger partial charge in [-0.25, -0.2) is 4.39 Å². The number of aromatic amines is 1. The number of carbonyl (C=O) groups is 1. The number of pyridine rings is 1. The molecule has 0 bridgehead atoms. The lowest BCUT2D eigenvalue weighted by Crippen LogP contribution is -2.42. The Labute approximate surface area is 198 Å². The first-order valence-electron chi connectivity index (χ1n) is 11.3. The van der Waals surface area contributed by atoms with Gasteiger partial charge in [-0.3, -0.25) is 9.59 Å². The van der Waals surface area contributed by atoms with E-state index in [1.165, 1.54) is 24.1 Å². The second kappa shape index (κ2) is 10.2. The molecule has 1 aromatic carbocycles. The molecule has 0 unspecified atom stereocenters. The van der Waals surface area contributed by atoms with E-state index in [0.29, 0.717) is 22.5 Å². The maximum absolute atomic E-state index is 14.5. The number of benzene rings is 1. The van der Waals surface area contributed by atoms with Crippen molar-refractivity contribution in [3.63, 3.8) is 0 Å². The van der Waals surface area contributed by atoms with Gasteiger partial charge in [-0.1, -0.05) is 13.0 Å². The third-order valence-corrected chi connectivity index (χ3v) is 6.89. The van der Waals surface area contributed by atoms with E-state index in [4.69, 9.17) is 9.47 Å². The first-order chi connectivity index (χ1) is 16.0. The van der Waals surface area contributed by atoms with Gasteiger partial charge in [-0.05, 0) is 39.8 Å². The Kier molecular flexibility index (Phi) is 7.77. The Morgan fingerprint density at radius 1 is 1.32 bits per heavy atom. The van der Waals surface area contributed by atoms with E-state index in [0.717, 1.165) is 6.07 Å². The summed E-state index contributed by atoms with van der Waals surface area (Å²) in [5.74, 6) is -2.75. The summed E-state index contributed by atoms with van der Waals surface area (Å²) in [6.45, 7) is 7.57. The molecule has 2 heterocycles. The van der Waals surface area contributed by atoms with Crippen molar-refractivity contribution in [3.8, 4) is 5.75 Å². The summed E-state index contributed by atoms with van der Waals surface area (Å²) in [7, 11) is 4.65. The Balaban J connectivity index is 2.00. The first kappa shape index (κ1) is 25.8. The van der Waals surface area contributed by atoms with Gasteiger partial charge < -0.3 is 24.7 Å². The summed E-state index contributed by atoms with van der Waals surface area (Å²) in [6, 6.07) is 3.69. The van der Waals surface area contributed by atoms with Crippen LogP contribution in [0.5, 0.6) is 5.75 Å². The highest BCUT2D eigenvalue weighted by Gasteiger charge is 2.44. The zero-order chi connectivity index (χ0) is 25.3. The molecule has 0 aliphatic carbocycles. The van der Waals surface area contributed by atoms with E-state index < -0.39 is 17.7 Å². The third-order valence-electron chi connectivity index (χ3n) is 6.89. The third kappa shape index (κ3) is 4.72. The van der Waals surface area contributed by atoms with E-state index in [-0.39, 0.29) is 47.6 Å². The van der Waals surface area contributed by atoms with Crippen LogP contribution in [0.15, 0.2) is 23.0 Å². The second-order valence-corrected chi connectivity index (χ2v) is 9.03. The summed E-state index contributed by atoms with van der Waals surface area (Å²) in [5.41, 5.74) is 1.89. The minimum absolute atomic E-state index is 0.0565. The number of H-pyrrole nitrogens is 1. The van der Waals surface area contributed by atoms with Crippen LogP contribution < -0.4 is 15.5 Å². The van der Waals surface area contributed by atoms with E-state index >= 15 is 0 Å². The van der Waals surface area contributed by atoms with Gasteiger partial charge in [-0.2, -0.15) is 4.39 Å². The van der Waals surface area contributed by atoms with Crippen LogP contribution in [0.2, 0.25) is 0 Å². The molecule has 1 saturated heterocycles. The van der Waals surface area contributed by atoms with Crippen molar-refractivity contribution in [3.05, 3.63) is 62.6 Å². The fraction of sp³-hybridized carbons (Fsp3) is 0.520. The number of nitrogens with zero attached hydrogens (tertiary/aromatic N) is 1. The molecule has 9 heteroatoms. The summed E-state index contributed by atoms with van der Waals surface area (Å²) >= 11 is 0. The molecule has 2 aromatic rings. The summed E-state index contributed by atoms with van der Waals surface area (Å²) in [6.07, 6.45) is -0.782. The molecule has 1 amide bonds. The topological polar surface area (TPSA) is 83.7 Å². The van der Waals surface area contributed by atoms with Crippen molar-refractivity contribution >= 4 is 5.91 Å². The number of halogens is 2. The monoisotopic (exact) mass is 477 g/mol. The molecule has 2 N–H and O–H groups in total. The number of ether oxygens (including phenoxy) is 2. The number of hydrogen-bond acceptors (Lipinski definition) is 5. The van der Waals surface area contributed by atoms with Gasteiger partial charge >= 0.3 is 0 Å². The largest absolute Gasteiger partial charge is 0.493 e. The van der Waals surface area contributed by atoms with Crippen LogP contribution in [0.25, 0.3) is 0 Å². The molecular weight excluding hydrogens is 444 g/mol. The maximum atomic E-state index is 14.5. The lowest BCUT2D eigenvalue weighted by Gasteiger charge is -2.25. The van der Waals surface area contributed by atoms with Crippen LogP contribution >= 0.6 is 0 Å². The SMILES string of the molecule is CN[C@@H](C)C(=O)N(C)Cc1c(C)[nH]c([C@@H]2O[C@H](C)[C@@H](C)[C@H]2c2ccc(F)c(F)c2OC)cc1=O. The maximum Gasteiger partial charge on any atom is 0.239 e. The summed E-state index contributed by atoms with van der Waals surface area (Å²) in [4.78, 5) is 30.3. The van der Waals surface area contributed by atoms with E-state index in [2.05, 4.69) is 10.3 Å². The predicted molar refractivity (Wildman–Crippen MR) is 125 cm³/mol. The number of hydrogen-bond donors (Lipinski definition) is 2. The molecule has 0 saturated carbocycles. The Morgan fingerprint density at radius 3 is 2.59 bits per heavy atom. The number of carbonyl (C=O) groups excluding carboxylic acids is 1. The molecule has 1 aliphatic rings. The van der Waals surface area contributed by atoms with Gasteiger partial charge in [0, 0.05) is 41.5 Å². The molecule has 1 aliphatic heterocycles. The highest BCUT2D eigenvalue weighted by Crippen LogP contribution is 2.50. The smallest absolute Gasteiger partial charge is 0.239 e. The van der Waals surface area contributed by atoms with Crippen molar-refractivity contribution in [1.82, 2.24) is 15.2 Å². The first-order valence-corrected chi connectivity index (χ1v) is 11.3. The minimum Gasteiger partial charge on any atom is -0.493 e. The van der Waals surface area contributed by atoms with E-state index in [1.54, 1.807) is 27.9 Å². The van der Waals surface area contributed by atoms with E-state index in [9.17, 15) is 18.4 Å². The van der Waals surface area contributed by atoms with Crippen LogP contribution in [0.1, 0.15) is 55.3 Å². The fourth-order valence-electron chi connectivity index (χ4n) is 4.60. The zero-order valence-corrected chi connectivity index (χ0v) is 20.7. The highest BCUT2D eigenvalue weighted by atomic mass is 19.2. The lowest BCUT2D eigenvalue weighted by molar-refractivity contribution is -0.132.